The van der Waals surface area contributed by atoms with Gasteiger partial charge in [0.15, 0.2) is 0 Å². The van der Waals surface area contributed by atoms with Gasteiger partial charge < -0.3 is 30.3 Å². The smallest absolute Gasteiger partial charge is 0.348 e. The topological polar surface area (TPSA) is 143 Å². The molecule has 3 saturated heterocycles. The molecule has 40 heavy (non-hydrogen) atoms. The molecule has 11 heteroatoms. The van der Waals surface area contributed by atoms with Crippen molar-refractivity contribution in [2.45, 2.75) is 96.1 Å². The average molecular weight is 557 g/mol. The summed E-state index contributed by atoms with van der Waals surface area (Å²) >= 11 is 0. The molecule has 0 radical (unpaired) electrons. The second kappa shape index (κ2) is 12.4. The normalized spacial score (nSPS) is 26.6. The molecular weight excluding hydrogens is 516 g/mol. The molecule has 5 atom stereocenters. The van der Waals surface area contributed by atoms with Crippen LogP contribution in [-0.2, 0) is 35.2 Å². The fourth-order valence-electron chi connectivity index (χ4n) is 5.58. The maximum absolute atomic E-state index is 13.6. The summed E-state index contributed by atoms with van der Waals surface area (Å²) in [6, 6.07) is 4.91. The van der Waals surface area contributed by atoms with Gasteiger partial charge in [-0.3, -0.25) is 14.4 Å². The van der Waals surface area contributed by atoms with Gasteiger partial charge in [0.25, 0.3) is 0 Å². The van der Waals surface area contributed by atoms with E-state index in [2.05, 4.69) is 16.0 Å². The third kappa shape index (κ3) is 6.46. The van der Waals surface area contributed by atoms with E-state index in [0.29, 0.717) is 18.4 Å². The van der Waals surface area contributed by atoms with Gasteiger partial charge in [0.2, 0.25) is 23.8 Å². The maximum Gasteiger partial charge on any atom is 0.348 e. The lowest BCUT2D eigenvalue weighted by Crippen LogP contribution is -2.57. The minimum Gasteiger partial charge on any atom is -0.462 e. The predicted octanol–water partition coefficient (Wildman–Crippen LogP) is 1.44. The zero-order chi connectivity index (χ0) is 29.0. The fraction of sp³-hybridized carbons (Fsp3) is 0.621. The van der Waals surface area contributed by atoms with Crippen LogP contribution in [0.3, 0.4) is 0 Å². The molecule has 1 aromatic carbocycles. The number of carbonyl (C=O) groups is 5. The van der Waals surface area contributed by atoms with Gasteiger partial charge in [-0.15, -0.1) is 0 Å². The number of nitrogens with one attached hydrogen (secondary N) is 3. The molecule has 3 aliphatic rings. The fourth-order valence-corrected chi connectivity index (χ4v) is 5.58. The predicted molar refractivity (Wildman–Crippen MR) is 145 cm³/mol. The van der Waals surface area contributed by atoms with Crippen LogP contribution < -0.4 is 16.0 Å². The third-order valence-electron chi connectivity index (χ3n) is 8.15. The molecule has 218 valence electrons. The van der Waals surface area contributed by atoms with Crippen LogP contribution in [0.1, 0.15) is 75.2 Å². The molecule has 3 fully saturated rings. The number of cyclic esters (lactones) is 1. The minimum atomic E-state index is -0.982. The summed E-state index contributed by atoms with van der Waals surface area (Å²) in [5.41, 5.74) is 0.320. The van der Waals surface area contributed by atoms with Gasteiger partial charge in [-0.2, -0.15) is 0 Å². The number of rotatable bonds is 8. The molecule has 0 aromatic heterocycles. The highest BCUT2D eigenvalue weighted by molar-refractivity contribution is 5.94. The van der Waals surface area contributed by atoms with Crippen molar-refractivity contribution in [1.29, 1.82) is 0 Å². The van der Waals surface area contributed by atoms with Gasteiger partial charge in [0.1, 0.15) is 18.7 Å². The first-order valence-electron chi connectivity index (χ1n) is 14.1. The number of hydrogen-bond donors (Lipinski definition) is 3. The van der Waals surface area contributed by atoms with Crippen molar-refractivity contribution in [1.82, 2.24) is 20.9 Å². The van der Waals surface area contributed by atoms with E-state index in [1.165, 1.54) is 0 Å². The zero-order valence-electron chi connectivity index (χ0n) is 23.7. The van der Waals surface area contributed by atoms with Crippen LogP contribution in [0.4, 0.5) is 0 Å². The van der Waals surface area contributed by atoms with Gasteiger partial charge in [-0.25, -0.2) is 9.59 Å². The number of hydrogen-bond acceptors (Lipinski definition) is 8. The summed E-state index contributed by atoms with van der Waals surface area (Å²) in [5, 5.41) is 8.67. The minimum absolute atomic E-state index is 0.0331. The molecule has 1 aromatic rings. The Balaban J connectivity index is 1.39. The van der Waals surface area contributed by atoms with Gasteiger partial charge >= 0.3 is 11.9 Å². The number of esters is 2. The first kappa shape index (κ1) is 29.5. The van der Waals surface area contributed by atoms with E-state index in [9.17, 15) is 24.0 Å². The van der Waals surface area contributed by atoms with E-state index in [1.54, 1.807) is 57.0 Å². The Hall–Kier alpha value is -3.47. The monoisotopic (exact) mass is 556 g/mol. The molecule has 4 rings (SSSR count). The van der Waals surface area contributed by atoms with Crippen molar-refractivity contribution in [3.8, 4) is 0 Å². The van der Waals surface area contributed by atoms with E-state index in [-0.39, 0.29) is 42.5 Å². The molecular formula is C29H40N4O7. The lowest BCUT2D eigenvalue weighted by atomic mass is 9.90. The van der Waals surface area contributed by atoms with E-state index >= 15 is 0 Å². The number of ether oxygens (including phenoxy) is 2. The average Bonchev–Trinajstić information content (AvgIpc) is 3.47. The highest BCUT2D eigenvalue weighted by Crippen LogP contribution is 2.32. The molecule has 3 heterocycles. The van der Waals surface area contributed by atoms with Crippen molar-refractivity contribution in [3.63, 3.8) is 0 Å². The van der Waals surface area contributed by atoms with Crippen molar-refractivity contribution in [2.24, 2.45) is 5.41 Å². The summed E-state index contributed by atoms with van der Waals surface area (Å²) in [6.45, 7) is 5.66. The Labute approximate surface area is 234 Å². The number of benzene rings is 1. The van der Waals surface area contributed by atoms with Gasteiger partial charge in [0, 0.05) is 18.0 Å². The Kier molecular flexibility index (Phi) is 9.12. The Bertz CT molecular complexity index is 1150. The second-order valence-corrected chi connectivity index (χ2v) is 11.6. The lowest BCUT2D eigenvalue weighted by Gasteiger charge is -2.35. The SMILES string of the molecule is CNC(C)C(=O)NC1CCCCC2CCC(C(=O)NCc3cccc(C(=O)OC4C(=O)OCC4(C)C)c3)N2C1=O. The van der Waals surface area contributed by atoms with E-state index in [4.69, 9.17) is 9.47 Å². The summed E-state index contributed by atoms with van der Waals surface area (Å²) in [7, 11) is 1.69. The first-order chi connectivity index (χ1) is 19.0. The Morgan fingerprint density at radius 2 is 1.88 bits per heavy atom. The number of amides is 3. The van der Waals surface area contributed by atoms with Gasteiger partial charge in [0.05, 0.1) is 11.6 Å². The van der Waals surface area contributed by atoms with Crippen molar-refractivity contribution in [3.05, 3.63) is 35.4 Å². The third-order valence-corrected chi connectivity index (χ3v) is 8.15. The standard InChI is InChI=1S/C29H40N4O7/c1-17(30-4)24(34)32-21-11-6-5-10-20-12-13-22(33(20)26(21)36)25(35)31-15-18-8-7-9-19(14-18)27(37)40-23-28(38)39-16-29(23,2)3/h7-9,14,17,20-23,30H,5-6,10-13,15-16H2,1-4H3,(H,31,35)(H,32,34). The summed E-state index contributed by atoms with van der Waals surface area (Å²) in [5.74, 6) is -1.93. The Morgan fingerprint density at radius 3 is 2.58 bits per heavy atom. The molecule has 0 bridgehead atoms. The highest BCUT2D eigenvalue weighted by atomic mass is 16.6. The highest BCUT2D eigenvalue weighted by Gasteiger charge is 2.47. The molecule has 3 amide bonds. The van der Waals surface area contributed by atoms with Crippen LogP contribution in [-0.4, -0.2) is 78.5 Å². The molecule has 3 N–H and O–H groups in total. The second-order valence-electron chi connectivity index (χ2n) is 11.6. The van der Waals surface area contributed by atoms with Crippen LogP contribution in [0.15, 0.2) is 24.3 Å². The van der Waals surface area contributed by atoms with Crippen molar-refractivity contribution in [2.75, 3.05) is 13.7 Å². The summed E-state index contributed by atoms with van der Waals surface area (Å²) in [4.78, 5) is 65.8. The maximum atomic E-state index is 13.6. The Morgan fingerprint density at radius 1 is 1.12 bits per heavy atom. The quantitative estimate of drug-likeness (QED) is 0.408. The van der Waals surface area contributed by atoms with Crippen molar-refractivity contribution >= 4 is 29.7 Å². The largest absolute Gasteiger partial charge is 0.462 e. The zero-order valence-corrected chi connectivity index (χ0v) is 23.7. The molecule has 3 aliphatic heterocycles. The van der Waals surface area contributed by atoms with E-state index in [0.717, 1.165) is 25.7 Å². The summed E-state index contributed by atoms with van der Waals surface area (Å²) < 4.78 is 10.5. The van der Waals surface area contributed by atoms with Crippen LogP contribution in [0.2, 0.25) is 0 Å². The molecule has 0 aliphatic carbocycles. The van der Waals surface area contributed by atoms with Crippen molar-refractivity contribution < 1.29 is 33.4 Å². The lowest BCUT2D eigenvalue weighted by molar-refractivity contribution is -0.145. The molecule has 0 spiro atoms. The number of carbonyl (C=O) groups excluding carboxylic acids is 5. The van der Waals surface area contributed by atoms with E-state index in [1.807, 2.05) is 0 Å². The van der Waals surface area contributed by atoms with Gasteiger partial charge in [-0.05, 0) is 57.4 Å². The molecule has 11 nitrogen and oxygen atoms in total. The van der Waals surface area contributed by atoms with Crippen LogP contribution in [0.25, 0.3) is 0 Å². The number of nitrogens with zero attached hydrogens (tertiary/aromatic N) is 1. The van der Waals surface area contributed by atoms with Crippen LogP contribution in [0, 0.1) is 5.41 Å². The molecule has 0 saturated carbocycles. The van der Waals surface area contributed by atoms with Gasteiger partial charge in [-0.1, -0.05) is 38.8 Å². The van der Waals surface area contributed by atoms with E-state index < -0.39 is 41.6 Å². The molecule has 5 unspecified atom stereocenters. The summed E-state index contributed by atoms with van der Waals surface area (Å²) in [6.07, 6.45) is 3.44. The van der Waals surface area contributed by atoms with Crippen LogP contribution in [0.5, 0.6) is 0 Å². The number of likely N-dealkylation sites (N-methyl/N-ethyl adjacent to an activating group) is 1. The van der Waals surface area contributed by atoms with Crippen LogP contribution >= 0.6 is 0 Å². The number of fused-ring (bicyclic) bond motifs is 1. The first-order valence-corrected chi connectivity index (χ1v) is 14.1.